The molecular weight excluding hydrogens is 370 g/mol. The summed E-state index contributed by atoms with van der Waals surface area (Å²) in [6, 6.07) is 18.2. The molecule has 4 nitrogen and oxygen atoms in total. The highest BCUT2D eigenvalue weighted by molar-refractivity contribution is 8.01. The van der Waals surface area contributed by atoms with E-state index in [4.69, 9.17) is 16.3 Å². The summed E-state index contributed by atoms with van der Waals surface area (Å²) in [5, 5.41) is 20.8. The van der Waals surface area contributed by atoms with Crippen LogP contribution in [0, 0.1) is 17.2 Å². The van der Waals surface area contributed by atoms with Gasteiger partial charge < -0.3 is 9.84 Å². The number of nitriles is 1. The molecule has 0 spiro atoms. The van der Waals surface area contributed by atoms with E-state index in [9.17, 15) is 15.2 Å². The Kier molecular flexibility index (Phi) is 5.57. The molecule has 1 N–H and O–H groups in total. The summed E-state index contributed by atoms with van der Waals surface area (Å²) in [4.78, 5) is 12.6. The van der Waals surface area contributed by atoms with Crippen LogP contribution in [0.25, 0.3) is 0 Å². The number of nitrogens with zero attached hydrogens (tertiary/aromatic N) is 1. The molecule has 1 aliphatic rings. The van der Waals surface area contributed by atoms with Gasteiger partial charge in [0, 0.05) is 10.3 Å². The van der Waals surface area contributed by atoms with E-state index in [1.54, 1.807) is 43.3 Å². The zero-order valence-electron chi connectivity index (χ0n) is 14.1. The van der Waals surface area contributed by atoms with Crippen LogP contribution in [0.5, 0.6) is 0 Å². The summed E-state index contributed by atoms with van der Waals surface area (Å²) < 4.78 is 5.19. The Balaban J connectivity index is 2.10. The Hall–Kier alpha value is -2.00. The number of hydrogen-bond acceptors (Lipinski definition) is 5. The van der Waals surface area contributed by atoms with E-state index in [-0.39, 0.29) is 11.9 Å². The van der Waals surface area contributed by atoms with Crippen LogP contribution >= 0.6 is 23.4 Å². The number of halogens is 1. The van der Waals surface area contributed by atoms with E-state index < -0.39 is 22.7 Å². The van der Waals surface area contributed by atoms with Gasteiger partial charge in [0.2, 0.25) is 0 Å². The zero-order chi connectivity index (χ0) is 18.7. The van der Waals surface area contributed by atoms with Crippen molar-refractivity contribution in [3.8, 4) is 6.07 Å². The van der Waals surface area contributed by atoms with Crippen LogP contribution in [0.1, 0.15) is 23.3 Å². The van der Waals surface area contributed by atoms with Crippen LogP contribution < -0.4 is 0 Å². The van der Waals surface area contributed by atoms with Gasteiger partial charge in [0.05, 0.1) is 18.6 Å². The van der Waals surface area contributed by atoms with Crippen LogP contribution in [0.3, 0.4) is 0 Å². The lowest BCUT2D eigenvalue weighted by Crippen LogP contribution is -2.44. The molecule has 6 heteroatoms. The molecule has 3 rings (SSSR count). The molecule has 0 unspecified atom stereocenters. The third kappa shape index (κ3) is 3.21. The van der Waals surface area contributed by atoms with Gasteiger partial charge in [-0.25, -0.2) is 0 Å². The molecule has 0 aliphatic carbocycles. The fourth-order valence-corrected chi connectivity index (χ4v) is 5.13. The number of carbonyl (C=O) groups is 1. The molecule has 0 aromatic heterocycles. The van der Waals surface area contributed by atoms with Crippen molar-refractivity contribution in [2.45, 2.75) is 23.0 Å². The van der Waals surface area contributed by atoms with Gasteiger partial charge in [-0.05, 0) is 30.2 Å². The smallest absolute Gasteiger partial charge is 0.322 e. The molecular formula is C20H18ClNO3S. The van der Waals surface area contributed by atoms with E-state index in [2.05, 4.69) is 6.07 Å². The number of benzene rings is 2. The van der Waals surface area contributed by atoms with E-state index >= 15 is 0 Å². The number of rotatable bonds is 4. The van der Waals surface area contributed by atoms with E-state index in [0.29, 0.717) is 10.6 Å². The lowest BCUT2D eigenvalue weighted by molar-refractivity contribution is -0.148. The Morgan fingerprint density at radius 1 is 1.27 bits per heavy atom. The summed E-state index contributed by atoms with van der Waals surface area (Å²) in [6.07, 6.45) is 0. The van der Waals surface area contributed by atoms with Crippen molar-refractivity contribution in [1.29, 1.82) is 5.26 Å². The fraction of sp³-hybridized carbons (Fsp3) is 0.300. The van der Waals surface area contributed by atoms with Crippen molar-refractivity contribution < 1.29 is 14.6 Å². The van der Waals surface area contributed by atoms with Crippen molar-refractivity contribution >= 4 is 29.3 Å². The van der Waals surface area contributed by atoms with Crippen LogP contribution in [-0.2, 0) is 15.1 Å². The molecule has 0 amide bonds. The lowest BCUT2D eigenvalue weighted by atomic mass is 9.76. The molecule has 26 heavy (non-hydrogen) atoms. The quantitative estimate of drug-likeness (QED) is 0.800. The molecule has 0 saturated carbocycles. The van der Waals surface area contributed by atoms with Gasteiger partial charge in [0.25, 0.3) is 0 Å². The highest BCUT2D eigenvalue weighted by atomic mass is 35.5. The van der Waals surface area contributed by atoms with E-state index in [1.807, 2.05) is 18.2 Å². The van der Waals surface area contributed by atoms with Crippen molar-refractivity contribution in [3.63, 3.8) is 0 Å². The number of thioether (sulfide) groups is 1. The average Bonchev–Trinajstić information content (AvgIpc) is 2.97. The molecule has 1 fully saturated rings. The van der Waals surface area contributed by atoms with Gasteiger partial charge in [-0.1, -0.05) is 54.1 Å². The topological polar surface area (TPSA) is 70.3 Å². The van der Waals surface area contributed by atoms with Crippen LogP contribution in [0.15, 0.2) is 54.6 Å². The summed E-state index contributed by atoms with van der Waals surface area (Å²) >= 11 is 7.23. The van der Waals surface area contributed by atoms with Gasteiger partial charge in [-0.3, -0.25) is 4.79 Å². The molecule has 1 heterocycles. The van der Waals surface area contributed by atoms with Crippen molar-refractivity contribution in [3.05, 3.63) is 70.7 Å². The molecule has 0 radical (unpaired) electrons. The average molecular weight is 388 g/mol. The predicted molar refractivity (Wildman–Crippen MR) is 102 cm³/mol. The van der Waals surface area contributed by atoms with E-state index in [0.717, 1.165) is 5.56 Å². The van der Waals surface area contributed by atoms with Crippen LogP contribution in [-0.4, -0.2) is 22.9 Å². The predicted octanol–water partition coefficient (Wildman–Crippen LogP) is 4.09. The zero-order valence-corrected chi connectivity index (χ0v) is 15.7. The van der Waals surface area contributed by atoms with Gasteiger partial charge in [-0.2, -0.15) is 5.26 Å². The normalized spacial score (nSPS) is 27.7. The maximum absolute atomic E-state index is 12.6. The molecule has 1 saturated heterocycles. The first-order chi connectivity index (χ1) is 12.5. The van der Waals surface area contributed by atoms with Crippen molar-refractivity contribution in [2.75, 3.05) is 6.61 Å². The van der Waals surface area contributed by atoms with E-state index in [1.165, 1.54) is 11.8 Å². The summed E-state index contributed by atoms with van der Waals surface area (Å²) in [5.74, 6) is -1.33. The number of esters is 1. The largest absolute Gasteiger partial charge is 0.465 e. The first kappa shape index (κ1) is 18.8. The third-order valence-electron chi connectivity index (χ3n) is 4.53. The first-order valence-corrected chi connectivity index (χ1v) is 9.59. The minimum absolute atomic E-state index is 0.212. The standard InChI is InChI=1S/C20H18ClNO3S/c1-2-25-19(23)18-20(24,14-6-4-3-5-7-14)16(12-22)17(26-18)13-8-10-15(21)11-9-13/h3-11,16-18,24H,2H2,1H3/t16-,17+,18+,20+/m1/s1. The highest BCUT2D eigenvalue weighted by Gasteiger charge is 2.60. The van der Waals surface area contributed by atoms with Gasteiger partial charge >= 0.3 is 5.97 Å². The maximum Gasteiger partial charge on any atom is 0.322 e. The molecule has 2 aromatic carbocycles. The maximum atomic E-state index is 12.6. The Labute approximate surface area is 161 Å². The van der Waals surface area contributed by atoms with Crippen LogP contribution in [0.2, 0.25) is 5.02 Å². The second kappa shape index (κ2) is 7.71. The number of carbonyl (C=O) groups excluding carboxylic acids is 1. The summed E-state index contributed by atoms with van der Waals surface area (Å²) in [6.45, 7) is 1.93. The molecule has 1 aliphatic heterocycles. The number of aliphatic hydroxyl groups is 1. The minimum atomic E-state index is -1.64. The minimum Gasteiger partial charge on any atom is -0.465 e. The second-order valence-electron chi connectivity index (χ2n) is 6.04. The van der Waals surface area contributed by atoms with Gasteiger partial charge in [0.1, 0.15) is 10.9 Å². The highest BCUT2D eigenvalue weighted by Crippen LogP contribution is 2.58. The Morgan fingerprint density at radius 2 is 1.92 bits per heavy atom. The summed E-state index contributed by atoms with van der Waals surface area (Å²) in [5.41, 5.74) is -0.266. The second-order valence-corrected chi connectivity index (χ2v) is 7.73. The Morgan fingerprint density at radius 3 is 2.50 bits per heavy atom. The van der Waals surface area contributed by atoms with Crippen LogP contribution in [0.4, 0.5) is 0 Å². The van der Waals surface area contributed by atoms with Crippen molar-refractivity contribution in [1.82, 2.24) is 0 Å². The SMILES string of the molecule is CCOC(=O)[C@@H]1S[C@@H](c2ccc(Cl)cc2)[C@@H](C#N)[C@@]1(O)c1ccccc1. The lowest BCUT2D eigenvalue weighted by Gasteiger charge is -2.31. The molecule has 2 aromatic rings. The molecule has 134 valence electrons. The molecule has 4 atom stereocenters. The fourth-order valence-electron chi connectivity index (χ4n) is 3.30. The summed E-state index contributed by atoms with van der Waals surface area (Å²) in [7, 11) is 0. The van der Waals surface area contributed by atoms with Crippen molar-refractivity contribution in [2.24, 2.45) is 5.92 Å². The number of ether oxygens (including phenoxy) is 1. The molecule has 0 bridgehead atoms. The first-order valence-electron chi connectivity index (χ1n) is 8.27. The van der Waals surface area contributed by atoms with Gasteiger partial charge in [0.15, 0.2) is 0 Å². The number of hydrogen-bond donors (Lipinski definition) is 1. The monoisotopic (exact) mass is 387 g/mol. The third-order valence-corrected chi connectivity index (χ3v) is 6.45. The van der Waals surface area contributed by atoms with Gasteiger partial charge in [-0.15, -0.1) is 11.8 Å². The Bertz CT molecular complexity index is 821.